The van der Waals surface area contributed by atoms with Gasteiger partial charge in [-0.2, -0.15) is 8.42 Å². The van der Waals surface area contributed by atoms with Gasteiger partial charge in [-0.3, -0.25) is 4.79 Å². The van der Waals surface area contributed by atoms with Crippen LogP contribution in [0.1, 0.15) is 37.0 Å². The summed E-state index contributed by atoms with van der Waals surface area (Å²) in [6, 6.07) is 11.1. The molecule has 2 aromatic rings. The summed E-state index contributed by atoms with van der Waals surface area (Å²) in [5.41, 5.74) is 1.87. The maximum absolute atomic E-state index is 16.0. The van der Waals surface area contributed by atoms with Crippen molar-refractivity contribution in [3.63, 3.8) is 0 Å². The molecule has 1 atom stereocenters. The van der Waals surface area contributed by atoms with Crippen LogP contribution in [0.4, 0.5) is 10.1 Å². The molecule has 0 radical (unpaired) electrons. The summed E-state index contributed by atoms with van der Waals surface area (Å²) in [5, 5.41) is 3.40. The predicted molar refractivity (Wildman–Crippen MR) is 126 cm³/mol. The van der Waals surface area contributed by atoms with Gasteiger partial charge in [-0.1, -0.05) is 30.3 Å². The van der Waals surface area contributed by atoms with Crippen molar-refractivity contribution in [2.75, 3.05) is 24.0 Å². The molecule has 1 saturated heterocycles. The lowest BCUT2D eigenvalue weighted by molar-refractivity contribution is -0.117. The van der Waals surface area contributed by atoms with Gasteiger partial charge in [-0.15, -0.1) is 0 Å². The monoisotopic (exact) mass is 491 g/mol. The zero-order valence-corrected chi connectivity index (χ0v) is 20.2. The van der Waals surface area contributed by atoms with E-state index in [1.807, 2.05) is 48.9 Å². The number of hydrogen-bond acceptors (Lipinski definition) is 6. The minimum Gasteiger partial charge on any atom is -0.487 e. The van der Waals surface area contributed by atoms with Crippen molar-refractivity contribution in [1.29, 1.82) is 0 Å². The van der Waals surface area contributed by atoms with Crippen molar-refractivity contribution < 1.29 is 27.1 Å². The third kappa shape index (κ3) is 5.51. The van der Waals surface area contributed by atoms with E-state index in [4.69, 9.17) is 9.47 Å². The third-order valence-corrected chi connectivity index (χ3v) is 7.28. The van der Waals surface area contributed by atoms with Crippen LogP contribution in [0.15, 0.2) is 36.4 Å². The van der Waals surface area contributed by atoms with Gasteiger partial charge in [0.25, 0.3) is 5.91 Å². The van der Waals surface area contributed by atoms with Gasteiger partial charge in [-0.25, -0.2) is 13.4 Å². The molecular weight excluding hydrogens is 461 g/mol. The summed E-state index contributed by atoms with van der Waals surface area (Å²) in [5.74, 6) is -1.27. The van der Waals surface area contributed by atoms with Crippen molar-refractivity contribution in [2.45, 2.75) is 51.9 Å². The van der Waals surface area contributed by atoms with E-state index in [-0.39, 0.29) is 30.2 Å². The van der Waals surface area contributed by atoms with Crippen LogP contribution >= 0.6 is 0 Å². The highest BCUT2D eigenvalue weighted by molar-refractivity contribution is 7.92. The van der Waals surface area contributed by atoms with E-state index in [0.717, 1.165) is 21.9 Å². The van der Waals surface area contributed by atoms with Gasteiger partial charge in [-0.05, 0) is 55.9 Å². The molecule has 34 heavy (non-hydrogen) atoms. The zero-order valence-electron chi connectivity index (χ0n) is 19.3. The summed E-state index contributed by atoms with van der Waals surface area (Å²) in [4.78, 5) is 11.9. The standard InChI is InChI=1S/C24H30FN3O5S/c1-16(2)32-11-10-26-19-9-8-18-12-21(33-15-17-6-4-3-5-7-17)24(23(25)20(18)13-19)28-14-22(29)27-34(28,30)31/h3-7,12,16,19,26H,8-11,13-15H2,1-2H3,(H,27,29). The topological polar surface area (TPSA) is 97.0 Å². The summed E-state index contributed by atoms with van der Waals surface area (Å²) in [7, 11) is -4.20. The van der Waals surface area contributed by atoms with Crippen LogP contribution in [0, 0.1) is 5.82 Å². The molecule has 1 aliphatic carbocycles. The number of nitrogens with zero attached hydrogens (tertiary/aromatic N) is 1. The summed E-state index contributed by atoms with van der Waals surface area (Å²) in [6.07, 6.45) is 1.99. The SMILES string of the molecule is CC(C)OCCNC1CCc2cc(OCc3ccccc3)c(N3CC(=O)NS3(=O)=O)c(F)c2C1. The number of benzene rings is 2. The highest BCUT2D eigenvalue weighted by Gasteiger charge is 2.39. The third-order valence-electron chi connectivity index (χ3n) is 5.90. The van der Waals surface area contributed by atoms with E-state index < -0.39 is 28.5 Å². The van der Waals surface area contributed by atoms with Crippen molar-refractivity contribution in [2.24, 2.45) is 0 Å². The quantitative estimate of drug-likeness (QED) is 0.523. The van der Waals surface area contributed by atoms with Crippen molar-refractivity contribution in [3.8, 4) is 5.75 Å². The van der Waals surface area contributed by atoms with E-state index >= 15 is 4.39 Å². The number of fused-ring (bicyclic) bond motifs is 1. The maximum atomic E-state index is 16.0. The minimum atomic E-state index is -4.20. The fourth-order valence-electron chi connectivity index (χ4n) is 4.28. The number of carbonyl (C=O) groups is 1. The molecule has 2 N–H and O–H groups in total. The van der Waals surface area contributed by atoms with Crippen LogP contribution in [0.25, 0.3) is 0 Å². The number of aryl methyl sites for hydroxylation is 1. The second-order valence-corrected chi connectivity index (χ2v) is 10.4. The Labute approximate surface area is 199 Å². The first-order chi connectivity index (χ1) is 16.2. The van der Waals surface area contributed by atoms with Crippen molar-refractivity contribution in [3.05, 3.63) is 58.9 Å². The second-order valence-electron chi connectivity index (χ2n) is 8.80. The van der Waals surface area contributed by atoms with Crippen molar-refractivity contribution >= 4 is 21.8 Å². The summed E-state index contributed by atoms with van der Waals surface area (Å²) >= 11 is 0. The molecule has 8 nitrogen and oxygen atoms in total. The minimum absolute atomic E-state index is 0.0386. The Morgan fingerprint density at radius 1 is 1.26 bits per heavy atom. The van der Waals surface area contributed by atoms with E-state index in [0.29, 0.717) is 31.6 Å². The Kier molecular flexibility index (Phi) is 7.39. The fraction of sp³-hybridized carbons (Fsp3) is 0.458. The van der Waals surface area contributed by atoms with Gasteiger partial charge in [0.2, 0.25) is 0 Å². The maximum Gasteiger partial charge on any atom is 0.326 e. The first-order valence-electron chi connectivity index (χ1n) is 11.4. The number of nitrogens with one attached hydrogen (secondary N) is 2. The van der Waals surface area contributed by atoms with Crippen molar-refractivity contribution in [1.82, 2.24) is 10.0 Å². The average Bonchev–Trinajstić information content (AvgIpc) is 3.07. The molecule has 1 heterocycles. The molecule has 2 aliphatic rings. The molecule has 1 amide bonds. The molecule has 0 spiro atoms. The number of amides is 1. The van der Waals surface area contributed by atoms with Gasteiger partial charge in [0.15, 0.2) is 5.82 Å². The molecule has 2 aromatic carbocycles. The lowest BCUT2D eigenvalue weighted by Crippen LogP contribution is -2.38. The average molecular weight is 492 g/mol. The van der Waals surface area contributed by atoms with E-state index in [9.17, 15) is 13.2 Å². The van der Waals surface area contributed by atoms with Gasteiger partial charge >= 0.3 is 10.2 Å². The molecule has 1 fully saturated rings. The number of carbonyl (C=O) groups excluding carboxylic acids is 1. The Hall–Kier alpha value is -2.69. The summed E-state index contributed by atoms with van der Waals surface area (Å²) < 4.78 is 55.2. The molecule has 1 unspecified atom stereocenters. The Morgan fingerprint density at radius 2 is 2.03 bits per heavy atom. The number of anilines is 1. The van der Waals surface area contributed by atoms with Crippen LogP contribution in [0.3, 0.4) is 0 Å². The highest BCUT2D eigenvalue weighted by atomic mass is 32.2. The largest absolute Gasteiger partial charge is 0.487 e. The number of ether oxygens (including phenoxy) is 2. The van der Waals surface area contributed by atoms with Gasteiger partial charge < -0.3 is 14.8 Å². The molecule has 0 bridgehead atoms. The molecule has 4 rings (SSSR count). The van der Waals surface area contributed by atoms with Crippen LogP contribution in [0.2, 0.25) is 0 Å². The lowest BCUT2D eigenvalue weighted by atomic mass is 9.87. The zero-order chi connectivity index (χ0) is 24.3. The van der Waals surface area contributed by atoms with Crippen LogP contribution in [0.5, 0.6) is 5.75 Å². The fourth-order valence-corrected chi connectivity index (χ4v) is 5.44. The Bertz CT molecular complexity index is 1140. The van der Waals surface area contributed by atoms with E-state index in [1.54, 1.807) is 6.07 Å². The van der Waals surface area contributed by atoms with E-state index in [1.165, 1.54) is 0 Å². The number of halogens is 1. The highest BCUT2D eigenvalue weighted by Crippen LogP contribution is 2.40. The van der Waals surface area contributed by atoms with Crippen LogP contribution in [-0.4, -0.2) is 46.2 Å². The molecule has 184 valence electrons. The van der Waals surface area contributed by atoms with Gasteiger partial charge in [0.05, 0.1) is 12.7 Å². The Balaban J connectivity index is 1.62. The summed E-state index contributed by atoms with van der Waals surface area (Å²) in [6.45, 7) is 4.79. The normalized spacial score (nSPS) is 19.2. The van der Waals surface area contributed by atoms with E-state index in [2.05, 4.69) is 5.32 Å². The first-order valence-corrected chi connectivity index (χ1v) is 12.9. The lowest BCUT2D eigenvalue weighted by Gasteiger charge is -2.29. The molecule has 10 heteroatoms. The predicted octanol–water partition coefficient (Wildman–Crippen LogP) is 2.46. The number of hydrogen-bond donors (Lipinski definition) is 2. The molecule has 0 aromatic heterocycles. The van der Waals surface area contributed by atoms with Gasteiger partial charge in [0.1, 0.15) is 24.6 Å². The molecule has 0 saturated carbocycles. The Morgan fingerprint density at radius 3 is 2.71 bits per heavy atom. The smallest absolute Gasteiger partial charge is 0.326 e. The first kappa shape index (κ1) is 24.4. The van der Waals surface area contributed by atoms with Gasteiger partial charge in [0, 0.05) is 12.6 Å². The second kappa shape index (κ2) is 10.3. The number of rotatable bonds is 9. The van der Waals surface area contributed by atoms with Crippen LogP contribution in [-0.2, 0) is 39.2 Å². The van der Waals surface area contributed by atoms with Crippen LogP contribution < -0.4 is 19.1 Å². The molecule has 1 aliphatic heterocycles. The molecular formula is C24H30FN3O5S.